The Bertz CT molecular complexity index is 713. The molecule has 0 N–H and O–H groups in total. The molecule has 1 aliphatic heterocycles. The summed E-state index contributed by atoms with van der Waals surface area (Å²) in [5.41, 5.74) is 0.431. The first-order valence-electron chi connectivity index (χ1n) is 12.3. The van der Waals surface area contributed by atoms with Crippen LogP contribution in [0.5, 0.6) is 5.75 Å². The molecule has 1 saturated heterocycles. The minimum Gasteiger partial charge on any atom is -0.490 e. The van der Waals surface area contributed by atoms with Gasteiger partial charge in [-0.05, 0) is 74.8 Å². The van der Waals surface area contributed by atoms with Crippen molar-refractivity contribution in [2.45, 2.75) is 97.0 Å². The summed E-state index contributed by atoms with van der Waals surface area (Å²) in [5.74, 6) is -0.640. The molecule has 1 aromatic rings. The van der Waals surface area contributed by atoms with Gasteiger partial charge in [0.15, 0.2) is 11.6 Å². The molecule has 2 atom stereocenters. The van der Waals surface area contributed by atoms with E-state index in [0.29, 0.717) is 30.4 Å². The zero-order valence-corrected chi connectivity index (χ0v) is 19.1. The van der Waals surface area contributed by atoms with Crippen molar-refractivity contribution in [3.63, 3.8) is 0 Å². The molecule has 0 amide bonds. The summed E-state index contributed by atoms with van der Waals surface area (Å²) in [5, 5.41) is 0. The topological polar surface area (TPSA) is 35.5 Å². The van der Waals surface area contributed by atoms with Crippen LogP contribution in [-0.2, 0) is 16.0 Å². The van der Waals surface area contributed by atoms with E-state index >= 15 is 0 Å². The van der Waals surface area contributed by atoms with Gasteiger partial charge in [-0.1, -0.05) is 45.6 Å². The number of rotatable bonds is 10. The summed E-state index contributed by atoms with van der Waals surface area (Å²) in [6.07, 6.45) is 11.4. The van der Waals surface area contributed by atoms with Crippen LogP contribution < -0.4 is 4.74 Å². The SMILES string of the molecule is CCCCOc1ccc(CCC2CCC(C3CCC(CCC)OC3=O)CC2)c(F)c1F. The van der Waals surface area contributed by atoms with Crippen LogP contribution in [-0.4, -0.2) is 18.7 Å². The number of halogens is 2. The van der Waals surface area contributed by atoms with Crippen molar-refractivity contribution in [2.24, 2.45) is 17.8 Å². The first-order chi connectivity index (χ1) is 15.0. The third-order valence-electron chi connectivity index (χ3n) is 7.16. The fourth-order valence-electron chi connectivity index (χ4n) is 5.19. The summed E-state index contributed by atoms with van der Waals surface area (Å²) in [6.45, 7) is 4.56. The van der Waals surface area contributed by atoms with Gasteiger partial charge in [0.25, 0.3) is 0 Å². The van der Waals surface area contributed by atoms with Crippen molar-refractivity contribution in [3.8, 4) is 5.75 Å². The van der Waals surface area contributed by atoms with Gasteiger partial charge >= 0.3 is 5.97 Å². The van der Waals surface area contributed by atoms with E-state index in [2.05, 4.69) is 6.92 Å². The van der Waals surface area contributed by atoms with Gasteiger partial charge in [-0.2, -0.15) is 4.39 Å². The Balaban J connectivity index is 1.44. The molecule has 174 valence electrons. The van der Waals surface area contributed by atoms with Gasteiger partial charge in [-0.3, -0.25) is 4.79 Å². The molecule has 2 aliphatic rings. The van der Waals surface area contributed by atoms with E-state index in [1.807, 2.05) is 6.92 Å². The molecule has 0 radical (unpaired) electrons. The number of cyclic esters (lactones) is 1. The lowest BCUT2D eigenvalue weighted by atomic mass is 9.72. The molecular formula is C26H38F2O3. The average molecular weight is 437 g/mol. The Labute approximate surface area is 185 Å². The van der Waals surface area contributed by atoms with Crippen molar-refractivity contribution in [1.82, 2.24) is 0 Å². The molecule has 31 heavy (non-hydrogen) atoms. The van der Waals surface area contributed by atoms with Crippen molar-refractivity contribution in [1.29, 1.82) is 0 Å². The number of carbonyl (C=O) groups is 1. The minimum atomic E-state index is -0.866. The van der Waals surface area contributed by atoms with Crippen LogP contribution >= 0.6 is 0 Å². The van der Waals surface area contributed by atoms with Crippen molar-refractivity contribution < 1.29 is 23.0 Å². The highest BCUT2D eigenvalue weighted by molar-refractivity contribution is 5.73. The molecule has 0 bridgehead atoms. The van der Waals surface area contributed by atoms with Crippen molar-refractivity contribution in [3.05, 3.63) is 29.3 Å². The van der Waals surface area contributed by atoms with Crippen LogP contribution in [0.15, 0.2) is 12.1 Å². The molecule has 1 heterocycles. The summed E-state index contributed by atoms with van der Waals surface area (Å²) >= 11 is 0. The number of esters is 1. The predicted octanol–water partition coefficient (Wildman–Crippen LogP) is 7.00. The molecular weight excluding hydrogens is 398 g/mol. The molecule has 3 rings (SSSR count). The number of unbranched alkanes of at least 4 members (excludes halogenated alkanes) is 1. The molecule has 1 aromatic carbocycles. The number of benzene rings is 1. The van der Waals surface area contributed by atoms with Crippen LogP contribution in [0.1, 0.15) is 90.0 Å². The molecule has 1 saturated carbocycles. The first kappa shape index (κ1) is 24.0. The van der Waals surface area contributed by atoms with E-state index in [0.717, 1.165) is 70.6 Å². The van der Waals surface area contributed by atoms with Gasteiger partial charge in [0.05, 0.1) is 12.5 Å². The Morgan fingerprint density at radius 2 is 1.74 bits per heavy atom. The lowest BCUT2D eigenvalue weighted by Crippen LogP contribution is -2.36. The second kappa shape index (κ2) is 11.8. The quantitative estimate of drug-likeness (QED) is 0.292. The maximum absolute atomic E-state index is 14.5. The second-order valence-corrected chi connectivity index (χ2v) is 9.40. The average Bonchev–Trinajstić information content (AvgIpc) is 2.77. The van der Waals surface area contributed by atoms with Crippen molar-refractivity contribution >= 4 is 5.97 Å². The standard InChI is InChI=1S/C26H38F2O3/c1-3-5-17-30-23-16-13-20(24(27)25(23)28)12-9-18-7-10-19(11-8-18)22-15-14-21(6-4-2)31-26(22)29/h13,16,18-19,21-22H,3-12,14-15,17H2,1-2H3. The minimum absolute atomic E-state index is 0.00643. The van der Waals surface area contributed by atoms with Gasteiger partial charge < -0.3 is 9.47 Å². The van der Waals surface area contributed by atoms with Gasteiger partial charge in [0.1, 0.15) is 6.10 Å². The van der Waals surface area contributed by atoms with E-state index < -0.39 is 11.6 Å². The van der Waals surface area contributed by atoms with E-state index in [4.69, 9.17) is 9.47 Å². The fourth-order valence-corrected chi connectivity index (χ4v) is 5.19. The molecule has 2 unspecified atom stereocenters. The third kappa shape index (κ3) is 6.43. The van der Waals surface area contributed by atoms with Gasteiger partial charge in [0, 0.05) is 0 Å². The lowest BCUT2D eigenvalue weighted by Gasteiger charge is -2.36. The highest BCUT2D eigenvalue weighted by atomic mass is 19.2. The zero-order chi connectivity index (χ0) is 22.2. The number of ether oxygens (including phenoxy) is 2. The molecule has 0 spiro atoms. The molecule has 5 heteroatoms. The molecule has 1 aliphatic carbocycles. The number of hydrogen-bond donors (Lipinski definition) is 0. The monoisotopic (exact) mass is 436 g/mol. The first-order valence-corrected chi connectivity index (χ1v) is 12.3. The van der Waals surface area contributed by atoms with Crippen molar-refractivity contribution in [2.75, 3.05) is 6.61 Å². The Kier molecular flexibility index (Phi) is 9.15. The highest BCUT2D eigenvalue weighted by Gasteiger charge is 2.37. The van der Waals surface area contributed by atoms with Crippen LogP contribution in [0.3, 0.4) is 0 Å². The Morgan fingerprint density at radius 3 is 2.42 bits per heavy atom. The van der Waals surface area contributed by atoms with Gasteiger partial charge in [-0.15, -0.1) is 0 Å². The molecule has 0 aromatic heterocycles. The maximum atomic E-state index is 14.5. The highest BCUT2D eigenvalue weighted by Crippen LogP contribution is 2.40. The third-order valence-corrected chi connectivity index (χ3v) is 7.16. The smallest absolute Gasteiger partial charge is 0.309 e. The summed E-state index contributed by atoms with van der Waals surface area (Å²) in [4.78, 5) is 12.4. The summed E-state index contributed by atoms with van der Waals surface area (Å²) in [7, 11) is 0. The fraction of sp³-hybridized carbons (Fsp3) is 0.731. The van der Waals surface area contributed by atoms with E-state index in [1.165, 1.54) is 0 Å². The number of aryl methyl sites for hydroxylation is 1. The second-order valence-electron chi connectivity index (χ2n) is 9.40. The normalized spacial score (nSPS) is 26.5. The Hall–Kier alpha value is -1.65. The maximum Gasteiger partial charge on any atom is 0.309 e. The lowest BCUT2D eigenvalue weighted by molar-refractivity contribution is -0.164. The van der Waals surface area contributed by atoms with Crippen LogP contribution in [0.4, 0.5) is 8.78 Å². The summed E-state index contributed by atoms with van der Waals surface area (Å²) in [6, 6.07) is 3.22. The van der Waals surface area contributed by atoms with Gasteiger partial charge in [-0.25, -0.2) is 4.39 Å². The number of hydrogen-bond acceptors (Lipinski definition) is 3. The van der Waals surface area contributed by atoms with Crippen LogP contribution in [0.2, 0.25) is 0 Å². The largest absolute Gasteiger partial charge is 0.490 e. The molecule has 3 nitrogen and oxygen atoms in total. The van der Waals surface area contributed by atoms with Crippen LogP contribution in [0, 0.1) is 29.4 Å². The Morgan fingerprint density at radius 1 is 0.968 bits per heavy atom. The summed E-state index contributed by atoms with van der Waals surface area (Å²) < 4.78 is 39.8. The van der Waals surface area contributed by atoms with E-state index in [1.54, 1.807) is 12.1 Å². The van der Waals surface area contributed by atoms with E-state index in [-0.39, 0.29) is 23.7 Å². The zero-order valence-electron chi connectivity index (χ0n) is 19.1. The number of carbonyl (C=O) groups excluding carboxylic acids is 1. The predicted molar refractivity (Wildman–Crippen MR) is 118 cm³/mol. The molecule has 2 fully saturated rings. The van der Waals surface area contributed by atoms with Gasteiger partial charge in [0.2, 0.25) is 5.82 Å². The van der Waals surface area contributed by atoms with Crippen LogP contribution in [0.25, 0.3) is 0 Å². The van der Waals surface area contributed by atoms with E-state index in [9.17, 15) is 13.6 Å².